The van der Waals surface area contributed by atoms with Crippen LogP contribution in [0.25, 0.3) is 0 Å². The van der Waals surface area contributed by atoms with E-state index in [0.717, 1.165) is 12.2 Å². The first kappa shape index (κ1) is 23.8. The van der Waals surface area contributed by atoms with E-state index in [1.54, 1.807) is 20.8 Å². The summed E-state index contributed by atoms with van der Waals surface area (Å²) in [6, 6.07) is 0. The third-order valence-corrected chi connectivity index (χ3v) is 4.16. The van der Waals surface area contributed by atoms with Gasteiger partial charge < -0.3 is 20.8 Å². The number of hydrogen-bond donors (Lipinski definition) is 0. The van der Waals surface area contributed by atoms with E-state index in [1.807, 2.05) is 0 Å². The molecule has 0 saturated carbocycles. The van der Waals surface area contributed by atoms with Crippen LogP contribution in [0, 0.1) is 0 Å². The van der Waals surface area contributed by atoms with Gasteiger partial charge in [0, 0.05) is 6.08 Å². The fourth-order valence-corrected chi connectivity index (χ4v) is 2.87. The van der Waals surface area contributed by atoms with E-state index in [1.165, 1.54) is 26.8 Å². The largest absolute Gasteiger partial charge is 1.20 e. The highest BCUT2D eigenvalue weighted by Gasteiger charge is 2.44. The third kappa shape index (κ3) is 12.2. The van der Waals surface area contributed by atoms with E-state index in [9.17, 15) is 14.4 Å². The first-order chi connectivity index (χ1) is 12.2. The summed E-state index contributed by atoms with van der Waals surface area (Å²) in [4.78, 5) is 34.1. The van der Waals surface area contributed by atoms with Gasteiger partial charge in [-0.15, -0.1) is 0 Å². The Balaban J connectivity index is 5.19. The summed E-state index contributed by atoms with van der Waals surface area (Å²) < 4.78 is 26.2. The molecule has 0 rings (SSSR count). The van der Waals surface area contributed by atoms with Crippen LogP contribution in [0.5, 0.6) is 0 Å². The summed E-state index contributed by atoms with van der Waals surface area (Å²) in [7, 11) is 0. The Morgan fingerprint density at radius 1 is 0.692 bits per heavy atom. The van der Waals surface area contributed by atoms with Gasteiger partial charge in [0.1, 0.15) is 0 Å². The first-order valence-corrected chi connectivity index (χ1v) is 9.48. The third-order valence-electron chi connectivity index (χ3n) is 2.47. The number of carbonyl (C=O) groups excluding carboxylic acids is 3. The standard InChI is InChI=1S/2C6H10O3.C5H8O2.Al/c2*1-3-9-6(8)4-5(2)7;1-4(6)3-5(2)7;/h2*4,7H,3H2,1-2H3;3,6H,1-2H3;/q;;;+3/p-3. The summed E-state index contributed by atoms with van der Waals surface area (Å²) in [5, 5.41) is 0. The lowest BCUT2D eigenvalue weighted by atomic mass is 10.4. The minimum Gasteiger partial charge on any atom is -0.580 e. The Morgan fingerprint density at radius 2 is 1.04 bits per heavy atom. The normalized spacial score (nSPS) is 12.2. The molecule has 0 aromatic rings. The highest BCUT2D eigenvalue weighted by Crippen LogP contribution is 2.11. The zero-order valence-corrected chi connectivity index (χ0v) is 17.1. The van der Waals surface area contributed by atoms with Crippen molar-refractivity contribution in [3.05, 3.63) is 35.5 Å². The van der Waals surface area contributed by atoms with Crippen LogP contribution in [0.15, 0.2) is 35.5 Å². The average molecular weight is 384 g/mol. The van der Waals surface area contributed by atoms with E-state index in [4.69, 9.17) is 20.8 Å². The molecule has 0 atom stereocenters. The molecular weight excluding hydrogens is 359 g/mol. The molecule has 0 spiro atoms. The quantitative estimate of drug-likeness (QED) is 0.232. The number of ether oxygens (including phenoxy) is 2. The Labute approximate surface area is 158 Å². The van der Waals surface area contributed by atoms with Crippen molar-refractivity contribution in [2.75, 3.05) is 13.2 Å². The summed E-state index contributed by atoms with van der Waals surface area (Å²) >= 11 is -2.90. The predicted molar refractivity (Wildman–Crippen MR) is 94.2 cm³/mol. The van der Waals surface area contributed by atoms with Crippen LogP contribution < -0.4 is 0 Å². The number of ketones is 1. The summed E-state index contributed by atoms with van der Waals surface area (Å²) in [6.45, 7) is 9.87. The van der Waals surface area contributed by atoms with E-state index in [0.29, 0.717) is 5.76 Å². The lowest BCUT2D eigenvalue weighted by Crippen LogP contribution is -2.26. The minimum atomic E-state index is -2.90. The second kappa shape index (κ2) is 13.0. The molecule has 8 nitrogen and oxygen atoms in total. The minimum absolute atomic E-state index is 0.201. The molecule has 0 heterocycles. The van der Waals surface area contributed by atoms with Crippen LogP contribution in [0.4, 0.5) is 0 Å². The molecule has 0 fully saturated rings. The molecule has 0 N–H and O–H groups in total. The van der Waals surface area contributed by atoms with Crippen molar-refractivity contribution in [2.24, 2.45) is 0 Å². The molecular formula is C17H25AlO8. The molecule has 0 unspecified atom stereocenters. The SMILES string of the molecule is CCOC(=O)C=C(C)[O][Al]([O]C(C)=CC(C)=O)[O]C(C)=CC(=O)OCC. The molecule has 9 heteroatoms. The van der Waals surface area contributed by atoms with Gasteiger partial charge in [-0.25, -0.2) is 9.59 Å². The number of allylic oxidation sites excluding steroid dienone is 4. The molecule has 0 radical (unpaired) electrons. The van der Waals surface area contributed by atoms with Crippen molar-refractivity contribution >= 4 is 32.9 Å². The van der Waals surface area contributed by atoms with E-state index >= 15 is 0 Å². The molecule has 0 aliphatic rings. The van der Waals surface area contributed by atoms with Gasteiger partial charge >= 0.3 is 27.1 Å². The number of esters is 2. The van der Waals surface area contributed by atoms with E-state index in [2.05, 4.69) is 0 Å². The Morgan fingerprint density at radius 3 is 1.35 bits per heavy atom. The zero-order valence-electron chi connectivity index (χ0n) is 16.0. The average Bonchev–Trinajstić information content (AvgIpc) is 2.45. The maximum Gasteiger partial charge on any atom is 1.20 e. The number of hydrogen-bond acceptors (Lipinski definition) is 8. The second-order valence-corrected chi connectivity index (χ2v) is 6.31. The summed E-state index contributed by atoms with van der Waals surface area (Å²) in [5.41, 5.74) is 0. The molecule has 26 heavy (non-hydrogen) atoms. The van der Waals surface area contributed by atoms with Crippen LogP contribution in [0.2, 0.25) is 0 Å². The topological polar surface area (TPSA) is 97.4 Å². The van der Waals surface area contributed by atoms with Crippen molar-refractivity contribution in [3.8, 4) is 0 Å². The van der Waals surface area contributed by atoms with E-state index in [-0.39, 0.29) is 30.5 Å². The highest BCUT2D eigenvalue weighted by atomic mass is 27.3. The van der Waals surface area contributed by atoms with Gasteiger partial charge in [-0.3, -0.25) is 4.79 Å². The van der Waals surface area contributed by atoms with Gasteiger partial charge in [0.15, 0.2) is 5.78 Å². The molecule has 0 aromatic carbocycles. The Hall–Kier alpha value is -2.24. The van der Waals surface area contributed by atoms with E-state index < -0.39 is 27.1 Å². The van der Waals surface area contributed by atoms with Crippen LogP contribution in [-0.4, -0.2) is 46.1 Å². The fraction of sp³-hybridized carbons (Fsp3) is 0.471. The first-order valence-electron chi connectivity index (χ1n) is 8.06. The predicted octanol–water partition coefficient (Wildman–Crippen LogP) is 2.45. The van der Waals surface area contributed by atoms with Crippen molar-refractivity contribution in [1.82, 2.24) is 0 Å². The molecule has 0 aliphatic carbocycles. The summed E-state index contributed by atoms with van der Waals surface area (Å²) in [5.74, 6) is -0.589. The van der Waals surface area contributed by atoms with Crippen molar-refractivity contribution in [1.29, 1.82) is 0 Å². The van der Waals surface area contributed by atoms with Crippen molar-refractivity contribution in [3.63, 3.8) is 0 Å². The highest BCUT2D eigenvalue weighted by molar-refractivity contribution is 6.37. The molecule has 0 aromatic heterocycles. The number of rotatable bonds is 11. The van der Waals surface area contributed by atoms with Gasteiger partial charge in [-0.2, -0.15) is 0 Å². The molecule has 144 valence electrons. The Bertz CT molecular complexity index is 556. The van der Waals surface area contributed by atoms with Crippen LogP contribution in [-0.2, 0) is 35.2 Å². The number of carbonyl (C=O) groups is 3. The van der Waals surface area contributed by atoms with Crippen LogP contribution in [0.3, 0.4) is 0 Å². The second-order valence-electron chi connectivity index (χ2n) is 5.02. The molecule has 0 aliphatic heterocycles. The van der Waals surface area contributed by atoms with Gasteiger partial charge in [0.2, 0.25) is 0 Å². The fourth-order valence-electron chi connectivity index (χ4n) is 1.62. The van der Waals surface area contributed by atoms with Gasteiger partial charge in [0.25, 0.3) is 0 Å². The Kier molecular flexibility index (Phi) is 11.9. The maximum atomic E-state index is 11.5. The summed E-state index contributed by atoms with van der Waals surface area (Å²) in [6.07, 6.45) is 3.59. The zero-order chi connectivity index (χ0) is 20.1. The van der Waals surface area contributed by atoms with Crippen LogP contribution in [0.1, 0.15) is 41.5 Å². The van der Waals surface area contributed by atoms with Crippen molar-refractivity contribution < 1.29 is 35.2 Å². The molecule has 0 amide bonds. The van der Waals surface area contributed by atoms with Gasteiger partial charge in [-0.1, -0.05) is 0 Å². The lowest BCUT2D eigenvalue weighted by molar-refractivity contribution is -0.138. The van der Waals surface area contributed by atoms with Gasteiger partial charge in [0.05, 0.1) is 42.6 Å². The smallest absolute Gasteiger partial charge is 0.580 e. The van der Waals surface area contributed by atoms with Gasteiger partial charge in [-0.05, 0) is 41.5 Å². The van der Waals surface area contributed by atoms with Crippen LogP contribution >= 0.6 is 0 Å². The molecule has 0 saturated heterocycles. The molecule has 0 bridgehead atoms. The monoisotopic (exact) mass is 384 g/mol. The maximum absolute atomic E-state index is 11.5. The van der Waals surface area contributed by atoms with Crippen molar-refractivity contribution in [2.45, 2.75) is 41.5 Å². The lowest BCUT2D eigenvalue weighted by Gasteiger charge is -2.17.